The summed E-state index contributed by atoms with van der Waals surface area (Å²) in [5.41, 5.74) is -2.72. The highest BCUT2D eigenvalue weighted by Gasteiger charge is 2.69. The van der Waals surface area contributed by atoms with Gasteiger partial charge in [-0.1, -0.05) is 29.8 Å². The number of alkyl halides is 1. The third kappa shape index (κ3) is 2.90. The van der Waals surface area contributed by atoms with Crippen LogP contribution in [-0.4, -0.2) is 45.5 Å². The number of hydrogen-bond donors (Lipinski definition) is 1. The van der Waals surface area contributed by atoms with E-state index in [2.05, 4.69) is 22.9 Å². The molecule has 4 rings (SSSR count). The number of ether oxygens (including phenoxy) is 1. The second kappa shape index (κ2) is 7.22. The molecule has 0 radical (unpaired) electrons. The van der Waals surface area contributed by atoms with Crippen molar-refractivity contribution in [3.8, 4) is 0 Å². The summed E-state index contributed by atoms with van der Waals surface area (Å²) in [5.74, 6) is -0.522. The molecule has 1 N–H and O–H groups in total. The Labute approximate surface area is 185 Å². The third-order valence-corrected chi connectivity index (χ3v) is 10.4. The van der Waals surface area contributed by atoms with E-state index in [1.807, 2.05) is 6.92 Å². The van der Waals surface area contributed by atoms with E-state index in [1.54, 1.807) is 0 Å². The van der Waals surface area contributed by atoms with Crippen LogP contribution < -0.4 is 0 Å². The number of ketones is 3. The highest BCUT2D eigenvalue weighted by molar-refractivity contribution is 9.10. The van der Waals surface area contributed by atoms with Gasteiger partial charge in [0.1, 0.15) is 17.2 Å². The quantitative estimate of drug-likeness (QED) is 0.490. The van der Waals surface area contributed by atoms with Gasteiger partial charge >= 0.3 is 5.97 Å². The summed E-state index contributed by atoms with van der Waals surface area (Å²) in [4.78, 5) is 49.7. The standard InChI is InChI=1S/C23H31BrO6/c1-12(25)30-11-18(28)23(29)9-6-14-13-4-5-15-20(24)16(26)7-8-21(15,2)19(13)17(27)10-22(14,23)3/h13-15,19-20,29H,4-11H2,1-3H3. The lowest BCUT2D eigenvalue weighted by Gasteiger charge is -2.60. The van der Waals surface area contributed by atoms with Gasteiger partial charge < -0.3 is 9.84 Å². The van der Waals surface area contributed by atoms with E-state index in [0.29, 0.717) is 19.3 Å². The molecule has 4 fully saturated rings. The average molecular weight is 483 g/mol. The van der Waals surface area contributed by atoms with E-state index in [9.17, 15) is 24.3 Å². The van der Waals surface area contributed by atoms with E-state index < -0.39 is 29.4 Å². The van der Waals surface area contributed by atoms with Crippen LogP contribution in [0.5, 0.6) is 0 Å². The molecule has 30 heavy (non-hydrogen) atoms. The minimum atomic E-state index is -1.65. The molecule has 0 amide bonds. The van der Waals surface area contributed by atoms with Crippen LogP contribution in [0.3, 0.4) is 0 Å². The fourth-order valence-electron chi connectivity index (χ4n) is 7.66. The van der Waals surface area contributed by atoms with Crippen molar-refractivity contribution in [1.29, 1.82) is 0 Å². The number of esters is 1. The Balaban J connectivity index is 1.65. The summed E-state index contributed by atoms with van der Waals surface area (Å²) < 4.78 is 4.88. The van der Waals surface area contributed by atoms with Crippen molar-refractivity contribution < 1.29 is 29.0 Å². The molecule has 4 aliphatic carbocycles. The van der Waals surface area contributed by atoms with Crippen LogP contribution in [0.2, 0.25) is 0 Å². The molecule has 0 aliphatic heterocycles. The molecule has 166 valence electrons. The number of halogens is 1. The van der Waals surface area contributed by atoms with Gasteiger partial charge in [-0.15, -0.1) is 0 Å². The molecule has 0 heterocycles. The van der Waals surface area contributed by atoms with Crippen molar-refractivity contribution >= 4 is 39.2 Å². The maximum Gasteiger partial charge on any atom is 0.303 e. The van der Waals surface area contributed by atoms with Gasteiger partial charge in [0.2, 0.25) is 5.78 Å². The van der Waals surface area contributed by atoms with E-state index in [-0.39, 0.29) is 51.9 Å². The molecule has 8 unspecified atom stereocenters. The van der Waals surface area contributed by atoms with Gasteiger partial charge in [0.15, 0.2) is 6.61 Å². The van der Waals surface area contributed by atoms with Crippen molar-refractivity contribution in [3.63, 3.8) is 0 Å². The molecule has 4 saturated carbocycles. The maximum absolute atomic E-state index is 13.6. The number of Topliss-reactive ketones (excluding diaryl/α,β-unsaturated/α-hetero) is 3. The van der Waals surface area contributed by atoms with Crippen LogP contribution in [0.4, 0.5) is 0 Å². The van der Waals surface area contributed by atoms with Gasteiger partial charge in [0.05, 0.1) is 4.83 Å². The minimum Gasteiger partial charge on any atom is -0.458 e. The van der Waals surface area contributed by atoms with Crippen LogP contribution in [-0.2, 0) is 23.9 Å². The average Bonchev–Trinajstić information content (AvgIpc) is 2.94. The number of carbonyl (C=O) groups is 4. The van der Waals surface area contributed by atoms with E-state index >= 15 is 0 Å². The van der Waals surface area contributed by atoms with Crippen molar-refractivity contribution in [2.45, 2.75) is 76.1 Å². The van der Waals surface area contributed by atoms with Gasteiger partial charge in [-0.2, -0.15) is 0 Å². The van der Waals surface area contributed by atoms with E-state index in [1.165, 1.54) is 6.92 Å². The number of aliphatic hydroxyl groups is 1. The molecule has 0 aromatic heterocycles. The Kier molecular flexibility index (Phi) is 5.33. The van der Waals surface area contributed by atoms with Crippen LogP contribution in [0.15, 0.2) is 0 Å². The molecule has 7 heteroatoms. The topological polar surface area (TPSA) is 97.7 Å². The largest absolute Gasteiger partial charge is 0.458 e. The monoisotopic (exact) mass is 482 g/mol. The Morgan fingerprint density at radius 1 is 1.10 bits per heavy atom. The zero-order chi connectivity index (χ0) is 22.1. The summed E-state index contributed by atoms with van der Waals surface area (Å²) in [6, 6.07) is 0. The van der Waals surface area contributed by atoms with Gasteiger partial charge in [-0.3, -0.25) is 19.2 Å². The second-order valence-corrected chi connectivity index (χ2v) is 11.5. The SMILES string of the molecule is CC(=O)OCC(=O)C1(O)CCC2C3CCC4C(Br)C(=O)CCC4(C)C3C(=O)CC21C. The smallest absolute Gasteiger partial charge is 0.303 e. The molecule has 0 spiro atoms. The van der Waals surface area contributed by atoms with Crippen LogP contribution in [0.1, 0.15) is 65.7 Å². The van der Waals surface area contributed by atoms with Gasteiger partial charge in [0.25, 0.3) is 0 Å². The van der Waals surface area contributed by atoms with Crippen molar-refractivity contribution in [1.82, 2.24) is 0 Å². The fraction of sp³-hybridized carbons (Fsp3) is 0.826. The summed E-state index contributed by atoms with van der Waals surface area (Å²) in [6.45, 7) is 4.82. The molecule has 4 aliphatic rings. The maximum atomic E-state index is 13.6. The lowest BCUT2D eigenvalue weighted by atomic mass is 9.44. The van der Waals surface area contributed by atoms with E-state index in [4.69, 9.17) is 4.74 Å². The molecule has 8 atom stereocenters. The zero-order valence-electron chi connectivity index (χ0n) is 17.9. The first-order chi connectivity index (χ1) is 14.0. The van der Waals surface area contributed by atoms with Crippen molar-refractivity contribution in [2.24, 2.45) is 34.5 Å². The molecule has 0 aromatic carbocycles. The molecule has 0 saturated heterocycles. The minimum absolute atomic E-state index is 0.0654. The highest BCUT2D eigenvalue weighted by atomic mass is 79.9. The predicted octanol–water partition coefficient (Wildman–Crippen LogP) is 3.01. The first-order valence-corrected chi connectivity index (χ1v) is 12.0. The predicted molar refractivity (Wildman–Crippen MR) is 112 cm³/mol. The molecule has 0 bridgehead atoms. The fourth-order valence-corrected chi connectivity index (χ4v) is 8.76. The molecule has 6 nitrogen and oxygen atoms in total. The third-order valence-electron chi connectivity index (χ3n) is 9.22. The summed E-state index contributed by atoms with van der Waals surface area (Å²) in [7, 11) is 0. The zero-order valence-corrected chi connectivity index (χ0v) is 19.5. The van der Waals surface area contributed by atoms with Gasteiger partial charge in [0, 0.05) is 31.1 Å². The van der Waals surface area contributed by atoms with Crippen LogP contribution >= 0.6 is 15.9 Å². The first-order valence-electron chi connectivity index (χ1n) is 11.0. The lowest BCUT2D eigenvalue weighted by molar-refractivity contribution is -0.179. The summed E-state index contributed by atoms with van der Waals surface area (Å²) in [6.07, 6.45) is 4.07. The van der Waals surface area contributed by atoms with Crippen LogP contribution in [0.25, 0.3) is 0 Å². The highest BCUT2D eigenvalue weighted by Crippen LogP contribution is 2.67. The second-order valence-electron chi connectivity index (χ2n) is 10.5. The Bertz CT molecular complexity index is 810. The van der Waals surface area contributed by atoms with E-state index in [0.717, 1.165) is 19.3 Å². The van der Waals surface area contributed by atoms with Crippen molar-refractivity contribution in [3.05, 3.63) is 0 Å². The van der Waals surface area contributed by atoms with Crippen molar-refractivity contribution in [2.75, 3.05) is 6.61 Å². The molecular formula is C23H31BrO6. The number of fused-ring (bicyclic) bond motifs is 5. The number of carbonyl (C=O) groups excluding carboxylic acids is 4. The number of rotatable bonds is 3. The van der Waals surface area contributed by atoms with Gasteiger partial charge in [-0.05, 0) is 55.3 Å². The normalized spacial score (nSPS) is 47.8. The summed E-state index contributed by atoms with van der Waals surface area (Å²) >= 11 is 3.61. The summed E-state index contributed by atoms with van der Waals surface area (Å²) in [5, 5.41) is 11.5. The molecule has 0 aromatic rings. The Morgan fingerprint density at radius 3 is 2.47 bits per heavy atom. The Morgan fingerprint density at radius 2 is 1.80 bits per heavy atom. The first kappa shape index (κ1) is 22.1. The molecular weight excluding hydrogens is 452 g/mol. The van der Waals surface area contributed by atoms with Crippen LogP contribution in [0, 0.1) is 34.5 Å². The Hall–Kier alpha value is -1.08. The lowest BCUT2D eigenvalue weighted by Crippen LogP contribution is -2.63. The van der Waals surface area contributed by atoms with Gasteiger partial charge in [-0.25, -0.2) is 0 Å². The number of hydrogen-bond acceptors (Lipinski definition) is 6.